The van der Waals surface area contributed by atoms with Crippen molar-refractivity contribution in [1.82, 2.24) is 19.9 Å². The summed E-state index contributed by atoms with van der Waals surface area (Å²) in [6, 6.07) is 8.33. The molecule has 0 aliphatic rings. The molecule has 1 atom stereocenters. The Morgan fingerprint density at radius 1 is 1.20 bits per heavy atom. The van der Waals surface area contributed by atoms with Crippen LogP contribution < -0.4 is 11.1 Å². The number of aryl methyl sites for hydroxylation is 3. The van der Waals surface area contributed by atoms with Crippen LogP contribution in [0.25, 0.3) is 5.65 Å². The van der Waals surface area contributed by atoms with Crippen molar-refractivity contribution < 1.29 is 9.59 Å². The lowest BCUT2D eigenvalue weighted by atomic mass is 10.0. The van der Waals surface area contributed by atoms with E-state index >= 15 is 0 Å². The van der Waals surface area contributed by atoms with Crippen molar-refractivity contribution in [3.8, 4) is 0 Å². The molecular formula is C22H26BrN5O2. The second kappa shape index (κ2) is 9.38. The van der Waals surface area contributed by atoms with Crippen LogP contribution in [0.2, 0.25) is 0 Å². The predicted molar refractivity (Wildman–Crippen MR) is 119 cm³/mol. The van der Waals surface area contributed by atoms with Crippen LogP contribution in [0.5, 0.6) is 0 Å². The van der Waals surface area contributed by atoms with Gasteiger partial charge < -0.3 is 11.1 Å². The van der Waals surface area contributed by atoms with Gasteiger partial charge in [0.05, 0.1) is 6.20 Å². The zero-order valence-corrected chi connectivity index (χ0v) is 19.0. The molecule has 158 valence electrons. The first kappa shape index (κ1) is 22.0. The molecular weight excluding hydrogens is 446 g/mol. The minimum atomic E-state index is -0.555. The average Bonchev–Trinajstić information content (AvgIpc) is 3.11. The SMILES string of the molecule is Cc1nc2c(C(N)=O)cnn2c(C)c1CCC(=O)NC(C)CCc1ccc(Br)cc1. The number of primary amides is 1. The lowest BCUT2D eigenvalue weighted by Crippen LogP contribution is -2.33. The van der Waals surface area contributed by atoms with Gasteiger partial charge in [-0.3, -0.25) is 9.59 Å². The third-order valence-electron chi connectivity index (χ3n) is 5.26. The number of carbonyl (C=O) groups excluding carboxylic acids is 2. The Balaban J connectivity index is 1.58. The molecule has 0 saturated carbocycles. The minimum Gasteiger partial charge on any atom is -0.365 e. The molecule has 30 heavy (non-hydrogen) atoms. The van der Waals surface area contributed by atoms with Crippen LogP contribution >= 0.6 is 15.9 Å². The molecule has 7 nitrogen and oxygen atoms in total. The summed E-state index contributed by atoms with van der Waals surface area (Å²) in [5.74, 6) is -0.545. The molecule has 3 aromatic rings. The highest BCUT2D eigenvalue weighted by molar-refractivity contribution is 9.10. The van der Waals surface area contributed by atoms with Gasteiger partial charge >= 0.3 is 0 Å². The number of amides is 2. The van der Waals surface area contributed by atoms with Crippen LogP contribution in [0.1, 0.15) is 52.6 Å². The molecule has 0 bridgehead atoms. The van der Waals surface area contributed by atoms with Crippen LogP contribution in [0, 0.1) is 13.8 Å². The molecule has 0 fully saturated rings. The Bertz CT molecular complexity index is 1080. The number of nitrogens with two attached hydrogens (primary N) is 1. The first-order chi connectivity index (χ1) is 14.3. The Morgan fingerprint density at radius 3 is 2.57 bits per heavy atom. The Kier molecular flexibility index (Phi) is 6.87. The van der Waals surface area contributed by atoms with Crippen molar-refractivity contribution in [2.45, 2.75) is 52.5 Å². The van der Waals surface area contributed by atoms with Crippen LogP contribution in [-0.2, 0) is 17.6 Å². The zero-order valence-electron chi connectivity index (χ0n) is 17.4. The summed E-state index contributed by atoms with van der Waals surface area (Å²) in [6.07, 6.45) is 4.14. The molecule has 1 unspecified atom stereocenters. The van der Waals surface area contributed by atoms with Gasteiger partial charge in [-0.25, -0.2) is 9.50 Å². The van der Waals surface area contributed by atoms with Crippen LogP contribution in [0.15, 0.2) is 34.9 Å². The number of fused-ring (bicyclic) bond motifs is 1. The Morgan fingerprint density at radius 2 is 1.90 bits per heavy atom. The van der Waals surface area contributed by atoms with Crippen molar-refractivity contribution in [2.75, 3.05) is 0 Å². The fourth-order valence-corrected chi connectivity index (χ4v) is 3.80. The second-order valence-electron chi connectivity index (χ2n) is 7.55. The molecule has 0 radical (unpaired) electrons. The van der Waals surface area contributed by atoms with Crippen molar-refractivity contribution >= 4 is 33.4 Å². The van der Waals surface area contributed by atoms with E-state index in [1.54, 1.807) is 4.52 Å². The number of nitrogens with one attached hydrogen (secondary N) is 1. The lowest BCUT2D eigenvalue weighted by Gasteiger charge is -2.15. The molecule has 8 heteroatoms. The number of benzene rings is 1. The zero-order chi connectivity index (χ0) is 21.8. The molecule has 2 aromatic heterocycles. The van der Waals surface area contributed by atoms with E-state index in [0.717, 1.165) is 34.3 Å². The van der Waals surface area contributed by atoms with Gasteiger partial charge in [0.2, 0.25) is 5.91 Å². The monoisotopic (exact) mass is 471 g/mol. The van der Waals surface area contributed by atoms with E-state index in [2.05, 4.69) is 43.5 Å². The highest BCUT2D eigenvalue weighted by Crippen LogP contribution is 2.18. The van der Waals surface area contributed by atoms with E-state index in [4.69, 9.17) is 5.73 Å². The number of nitrogens with zero attached hydrogens (tertiary/aromatic N) is 3. The normalized spacial score (nSPS) is 12.1. The van der Waals surface area contributed by atoms with Gasteiger partial charge in [0.15, 0.2) is 5.65 Å². The maximum atomic E-state index is 12.4. The minimum absolute atomic E-state index is 0.00972. The Labute approximate surface area is 184 Å². The van der Waals surface area contributed by atoms with Gasteiger partial charge in [-0.2, -0.15) is 5.10 Å². The number of rotatable bonds is 8. The van der Waals surface area contributed by atoms with E-state index in [-0.39, 0.29) is 11.9 Å². The molecule has 2 amide bonds. The highest BCUT2D eigenvalue weighted by Gasteiger charge is 2.17. The van der Waals surface area contributed by atoms with E-state index in [0.29, 0.717) is 24.1 Å². The van der Waals surface area contributed by atoms with Crippen molar-refractivity contribution in [3.05, 3.63) is 63.0 Å². The standard InChI is InChI=1S/C22H26BrN5O2/c1-13(4-5-16-6-8-17(23)9-7-16)26-20(29)11-10-18-14(2)27-22-19(21(24)30)12-25-28(22)15(18)3/h6-9,12-13H,4-5,10-11H2,1-3H3,(H2,24,30)(H,26,29). The summed E-state index contributed by atoms with van der Waals surface area (Å²) in [5.41, 5.74) is 9.98. The number of carbonyl (C=O) groups is 2. The molecule has 0 aliphatic heterocycles. The summed E-state index contributed by atoms with van der Waals surface area (Å²) in [6.45, 7) is 5.81. The van der Waals surface area contributed by atoms with Gasteiger partial charge in [-0.05, 0) is 63.3 Å². The van der Waals surface area contributed by atoms with Crippen molar-refractivity contribution in [3.63, 3.8) is 0 Å². The highest BCUT2D eigenvalue weighted by atomic mass is 79.9. The van der Waals surface area contributed by atoms with Crippen molar-refractivity contribution in [2.24, 2.45) is 5.73 Å². The van der Waals surface area contributed by atoms with E-state index < -0.39 is 5.91 Å². The molecule has 2 heterocycles. The third kappa shape index (κ3) is 5.05. The molecule has 0 aliphatic carbocycles. The van der Waals surface area contributed by atoms with Gasteiger partial charge in [0, 0.05) is 28.3 Å². The quantitative estimate of drug-likeness (QED) is 0.525. The van der Waals surface area contributed by atoms with E-state index in [1.807, 2.05) is 32.9 Å². The average molecular weight is 472 g/mol. The van der Waals surface area contributed by atoms with Crippen LogP contribution in [-0.4, -0.2) is 32.5 Å². The Hall–Kier alpha value is -2.74. The van der Waals surface area contributed by atoms with Crippen LogP contribution in [0.3, 0.4) is 0 Å². The summed E-state index contributed by atoms with van der Waals surface area (Å²) in [4.78, 5) is 28.5. The second-order valence-corrected chi connectivity index (χ2v) is 8.47. The molecule has 3 rings (SSSR count). The lowest BCUT2D eigenvalue weighted by molar-refractivity contribution is -0.121. The van der Waals surface area contributed by atoms with E-state index in [1.165, 1.54) is 11.8 Å². The largest absolute Gasteiger partial charge is 0.365 e. The number of aromatic nitrogens is 3. The third-order valence-corrected chi connectivity index (χ3v) is 5.79. The summed E-state index contributed by atoms with van der Waals surface area (Å²) < 4.78 is 2.67. The maximum Gasteiger partial charge on any atom is 0.254 e. The summed E-state index contributed by atoms with van der Waals surface area (Å²) >= 11 is 3.44. The summed E-state index contributed by atoms with van der Waals surface area (Å²) in [7, 11) is 0. The first-order valence-corrected chi connectivity index (χ1v) is 10.7. The molecule has 0 saturated heterocycles. The first-order valence-electron chi connectivity index (χ1n) is 9.93. The van der Waals surface area contributed by atoms with Crippen molar-refractivity contribution in [1.29, 1.82) is 0 Å². The molecule has 0 spiro atoms. The molecule has 1 aromatic carbocycles. The van der Waals surface area contributed by atoms with Gasteiger partial charge in [0.25, 0.3) is 5.91 Å². The van der Waals surface area contributed by atoms with Gasteiger partial charge in [-0.1, -0.05) is 28.1 Å². The fourth-order valence-electron chi connectivity index (χ4n) is 3.54. The maximum absolute atomic E-state index is 12.4. The molecule has 3 N–H and O–H groups in total. The van der Waals surface area contributed by atoms with Gasteiger partial charge in [-0.15, -0.1) is 0 Å². The van der Waals surface area contributed by atoms with Crippen LogP contribution in [0.4, 0.5) is 0 Å². The number of hydrogen-bond donors (Lipinski definition) is 2. The number of hydrogen-bond acceptors (Lipinski definition) is 4. The smallest absolute Gasteiger partial charge is 0.254 e. The van der Waals surface area contributed by atoms with E-state index in [9.17, 15) is 9.59 Å². The number of halogens is 1. The predicted octanol–water partition coefficient (Wildman–Crippen LogP) is 3.28. The summed E-state index contributed by atoms with van der Waals surface area (Å²) in [5, 5.41) is 7.30. The fraction of sp³-hybridized carbons (Fsp3) is 0.364. The topological polar surface area (TPSA) is 102 Å². The van der Waals surface area contributed by atoms with Gasteiger partial charge in [0.1, 0.15) is 5.56 Å².